The van der Waals surface area contributed by atoms with Gasteiger partial charge in [-0.15, -0.1) is 0 Å². The van der Waals surface area contributed by atoms with E-state index in [9.17, 15) is 8.42 Å². The van der Waals surface area contributed by atoms with E-state index >= 15 is 0 Å². The molecule has 1 N–H and O–H groups in total. The minimum Gasteiger partial charge on any atom is -0.314 e. The zero-order valence-corrected chi connectivity index (χ0v) is 17.2. The van der Waals surface area contributed by atoms with Gasteiger partial charge >= 0.3 is 0 Å². The van der Waals surface area contributed by atoms with Gasteiger partial charge in [0.2, 0.25) is 10.0 Å². The van der Waals surface area contributed by atoms with Gasteiger partial charge in [0.25, 0.3) is 0 Å². The Morgan fingerprint density at radius 1 is 1.00 bits per heavy atom. The highest BCUT2D eigenvalue weighted by Gasteiger charge is 2.47. The van der Waals surface area contributed by atoms with Gasteiger partial charge in [0, 0.05) is 18.6 Å². The molecule has 1 heterocycles. The molecule has 3 aliphatic rings. The van der Waals surface area contributed by atoms with Crippen molar-refractivity contribution in [1.29, 1.82) is 0 Å². The average molecular weight is 371 g/mol. The first kappa shape index (κ1) is 19.6. The monoisotopic (exact) mass is 370 g/mol. The summed E-state index contributed by atoms with van der Waals surface area (Å²) in [5.41, 5.74) is 0. The molecule has 0 aromatic rings. The molecule has 0 spiro atoms. The van der Waals surface area contributed by atoms with Crippen LogP contribution in [0.25, 0.3) is 0 Å². The second kappa shape index (κ2) is 8.26. The van der Waals surface area contributed by atoms with Crippen LogP contribution >= 0.6 is 0 Å². The predicted molar refractivity (Wildman–Crippen MR) is 104 cm³/mol. The van der Waals surface area contributed by atoms with Gasteiger partial charge in [-0.3, -0.25) is 0 Å². The smallest absolute Gasteiger partial charge is 0.217 e. The Hall–Kier alpha value is -0.130. The molecule has 2 saturated carbocycles. The Morgan fingerprint density at radius 3 is 2.52 bits per heavy atom. The maximum Gasteiger partial charge on any atom is 0.217 e. The number of nitrogens with one attached hydrogen (secondary N) is 1. The summed E-state index contributed by atoms with van der Waals surface area (Å²) in [6, 6.07) is 0.643. The van der Waals surface area contributed by atoms with Crippen LogP contribution in [0, 0.1) is 17.8 Å². The Balaban J connectivity index is 1.78. The van der Waals surface area contributed by atoms with Gasteiger partial charge in [0.15, 0.2) is 0 Å². The van der Waals surface area contributed by atoms with Gasteiger partial charge in [-0.1, -0.05) is 27.2 Å². The molecule has 0 aromatic carbocycles. The summed E-state index contributed by atoms with van der Waals surface area (Å²) < 4.78 is 29.3. The molecule has 0 radical (unpaired) electrons. The first-order chi connectivity index (χ1) is 11.9. The molecule has 146 valence electrons. The van der Waals surface area contributed by atoms with Gasteiger partial charge in [-0.2, -0.15) is 4.31 Å². The van der Waals surface area contributed by atoms with Crippen molar-refractivity contribution < 1.29 is 8.42 Å². The van der Waals surface area contributed by atoms with Gasteiger partial charge in [-0.05, 0) is 75.7 Å². The molecule has 3 rings (SSSR count). The van der Waals surface area contributed by atoms with Gasteiger partial charge < -0.3 is 5.32 Å². The lowest BCUT2D eigenvalue weighted by atomic mass is 9.74. The Bertz CT molecular complexity index is 532. The molecule has 25 heavy (non-hydrogen) atoms. The molecular weight excluding hydrogens is 332 g/mol. The summed E-state index contributed by atoms with van der Waals surface area (Å²) in [4.78, 5) is 0. The highest BCUT2D eigenvalue weighted by atomic mass is 32.2. The molecular formula is C20H38N2O2S. The van der Waals surface area contributed by atoms with Crippen LogP contribution in [0.5, 0.6) is 0 Å². The van der Waals surface area contributed by atoms with Gasteiger partial charge in [0.1, 0.15) is 0 Å². The molecule has 3 fully saturated rings. The molecule has 1 saturated heterocycles. The summed E-state index contributed by atoms with van der Waals surface area (Å²) in [7, 11) is -3.20. The Labute approximate surface area is 155 Å². The molecule has 0 bridgehead atoms. The quantitative estimate of drug-likeness (QED) is 0.801. The lowest BCUT2D eigenvalue weighted by molar-refractivity contribution is 0.0821. The van der Waals surface area contributed by atoms with Crippen molar-refractivity contribution in [3.05, 3.63) is 0 Å². The topological polar surface area (TPSA) is 49.4 Å². The number of hydrogen-bond donors (Lipinski definition) is 1. The van der Waals surface area contributed by atoms with Crippen LogP contribution in [-0.2, 0) is 10.0 Å². The third-order valence-electron chi connectivity index (χ3n) is 7.10. The highest BCUT2D eigenvalue weighted by molar-refractivity contribution is 7.89. The first-order valence-electron chi connectivity index (χ1n) is 10.7. The van der Waals surface area contributed by atoms with Crippen molar-refractivity contribution in [1.82, 2.24) is 9.62 Å². The van der Waals surface area contributed by atoms with Crippen molar-refractivity contribution in [3.63, 3.8) is 0 Å². The molecule has 5 heteroatoms. The average Bonchev–Trinajstić information content (AvgIpc) is 2.60. The van der Waals surface area contributed by atoms with Crippen LogP contribution in [0.2, 0.25) is 0 Å². The number of hydrogen-bond acceptors (Lipinski definition) is 3. The summed E-state index contributed by atoms with van der Waals surface area (Å²) >= 11 is 0. The Morgan fingerprint density at radius 2 is 1.76 bits per heavy atom. The summed E-state index contributed by atoms with van der Waals surface area (Å²) in [6.45, 7) is 8.36. The van der Waals surface area contributed by atoms with Gasteiger partial charge in [0.05, 0.1) is 5.25 Å². The van der Waals surface area contributed by atoms with E-state index in [1.807, 2.05) is 4.31 Å². The molecule has 4 nitrogen and oxygen atoms in total. The lowest BCUT2D eigenvalue weighted by Gasteiger charge is -2.48. The summed E-state index contributed by atoms with van der Waals surface area (Å²) in [5, 5.41) is 3.39. The van der Waals surface area contributed by atoms with E-state index in [0.717, 1.165) is 45.2 Å². The first-order valence-corrected chi connectivity index (χ1v) is 12.2. The maximum atomic E-state index is 13.7. The van der Waals surface area contributed by atoms with Crippen molar-refractivity contribution in [2.24, 2.45) is 17.8 Å². The fourth-order valence-electron chi connectivity index (χ4n) is 5.70. The summed E-state index contributed by atoms with van der Waals surface area (Å²) in [6.07, 6.45) is 10.0. The molecule has 0 aromatic heterocycles. The number of nitrogens with zero attached hydrogens (tertiary/aromatic N) is 1. The van der Waals surface area contributed by atoms with Crippen molar-refractivity contribution in [2.45, 2.75) is 95.9 Å². The largest absolute Gasteiger partial charge is 0.314 e. The fourth-order valence-corrected chi connectivity index (χ4v) is 8.35. The normalized spacial score (nSPS) is 40.6. The molecule has 1 aliphatic heterocycles. The number of fused-ring (bicyclic) bond motifs is 1. The maximum absolute atomic E-state index is 13.7. The lowest BCUT2D eigenvalue weighted by Crippen LogP contribution is -2.57. The zero-order chi connectivity index (χ0) is 18.0. The van der Waals surface area contributed by atoms with Crippen molar-refractivity contribution in [2.75, 3.05) is 13.1 Å². The highest BCUT2D eigenvalue weighted by Crippen LogP contribution is 2.42. The minimum atomic E-state index is -3.20. The van der Waals surface area contributed by atoms with Crippen LogP contribution in [0.4, 0.5) is 0 Å². The predicted octanol–water partition coefficient (Wildman–Crippen LogP) is 3.77. The van der Waals surface area contributed by atoms with Crippen molar-refractivity contribution in [3.8, 4) is 0 Å². The number of rotatable bonds is 5. The molecule has 6 atom stereocenters. The van der Waals surface area contributed by atoms with E-state index < -0.39 is 10.0 Å². The van der Waals surface area contributed by atoms with E-state index in [-0.39, 0.29) is 17.2 Å². The van der Waals surface area contributed by atoms with E-state index in [1.165, 1.54) is 25.7 Å². The van der Waals surface area contributed by atoms with E-state index in [4.69, 9.17) is 0 Å². The standard InChI is InChI=1S/C20H38N2O2S/c1-4-12-21-18-11-10-15(2)19(14-18)25(23,24)22-13-6-9-17-8-5-7-16(3)20(17)22/h15-21H,4-14H2,1-3H3. The molecule has 6 unspecified atom stereocenters. The van der Waals surface area contributed by atoms with Crippen LogP contribution in [0.15, 0.2) is 0 Å². The van der Waals surface area contributed by atoms with Crippen LogP contribution in [0.1, 0.15) is 78.6 Å². The number of piperidine rings is 1. The van der Waals surface area contributed by atoms with Crippen LogP contribution in [0.3, 0.4) is 0 Å². The van der Waals surface area contributed by atoms with Gasteiger partial charge in [-0.25, -0.2) is 8.42 Å². The van der Waals surface area contributed by atoms with E-state index in [1.54, 1.807) is 0 Å². The Kier molecular flexibility index (Phi) is 6.49. The van der Waals surface area contributed by atoms with Crippen LogP contribution in [-0.4, -0.2) is 43.1 Å². The third kappa shape index (κ3) is 4.08. The second-order valence-electron chi connectivity index (χ2n) is 8.94. The number of sulfonamides is 1. The third-order valence-corrected chi connectivity index (χ3v) is 9.60. The van der Waals surface area contributed by atoms with Crippen LogP contribution < -0.4 is 5.32 Å². The fraction of sp³-hybridized carbons (Fsp3) is 1.00. The van der Waals surface area contributed by atoms with E-state index in [2.05, 4.69) is 26.1 Å². The SMILES string of the molecule is CCCNC1CCC(C)C(S(=O)(=O)N2CCCC3CCCC(C)C32)C1. The second-order valence-corrected chi connectivity index (χ2v) is 11.0. The minimum absolute atomic E-state index is 0.191. The molecule has 0 amide bonds. The zero-order valence-electron chi connectivity index (χ0n) is 16.4. The summed E-state index contributed by atoms with van der Waals surface area (Å²) in [5.74, 6) is 1.39. The molecule has 2 aliphatic carbocycles. The van der Waals surface area contributed by atoms with E-state index in [0.29, 0.717) is 17.9 Å². The van der Waals surface area contributed by atoms with Crippen molar-refractivity contribution >= 4 is 10.0 Å².